The molecule has 1 aromatic rings. The molecule has 0 radical (unpaired) electrons. The third-order valence-corrected chi connectivity index (χ3v) is 4.02. The molecular weight excluding hydrogens is 336 g/mol. The summed E-state index contributed by atoms with van der Waals surface area (Å²) >= 11 is 5.23. The Morgan fingerprint density at radius 2 is 2.08 bits per heavy atom. The molecule has 1 aliphatic rings. The van der Waals surface area contributed by atoms with Crippen LogP contribution in [-0.4, -0.2) is 24.3 Å². The first-order valence-electron chi connectivity index (χ1n) is 8.35. The number of ether oxygens (including phenoxy) is 2. The van der Waals surface area contributed by atoms with Crippen molar-refractivity contribution in [3.8, 4) is 5.75 Å². The first kappa shape index (κ1) is 19.0. The number of esters is 1. The second-order valence-electron chi connectivity index (χ2n) is 5.73. The van der Waals surface area contributed by atoms with Crippen molar-refractivity contribution in [3.63, 3.8) is 0 Å². The number of thiocarbonyl (C=S) groups is 1. The van der Waals surface area contributed by atoms with Crippen LogP contribution in [0.3, 0.4) is 0 Å². The number of allylic oxidation sites excluding steroid dienone is 1. The number of carbonyl (C=O) groups is 1. The molecule has 2 N–H and O–H groups in total. The minimum absolute atomic E-state index is 0.164. The Kier molecular flexibility index (Phi) is 7.01. The van der Waals surface area contributed by atoms with Crippen molar-refractivity contribution < 1.29 is 14.3 Å². The fourth-order valence-electron chi connectivity index (χ4n) is 2.52. The molecule has 0 spiro atoms. The number of nitrogens with one attached hydrogen (secondary N) is 2. The molecule has 0 saturated heterocycles. The lowest BCUT2D eigenvalue weighted by Crippen LogP contribution is -2.45. The number of rotatable bonds is 8. The van der Waals surface area contributed by atoms with Gasteiger partial charge in [-0.3, -0.25) is 0 Å². The first-order valence-corrected chi connectivity index (χ1v) is 8.76. The zero-order chi connectivity index (χ0) is 18.2. The Bertz CT molecular complexity index is 668. The summed E-state index contributed by atoms with van der Waals surface area (Å²) in [5.41, 5.74) is 2.11. The summed E-state index contributed by atoms with van der Waals surface area (Å²) in [5, 5.41) is 6.60. The molecule has 0 amide bonds. The molecule has 1 aliphatic heterocycles. The minimum atomic E-state index is -0.395. The standard InChI is InChI=1S/C19H24N2O3S/c1-4-6-12-23-15-9-7-14(8-10-15)17-16(18(22)24-11-5-2)13(3)20-19(25)21-17/h5,7-10,17H,2,4,6,11-12H2,1,3H3,(H2,20,21,25)/t17-/m1/s1. The molecule has 0 fully saturated rings. The highest BCUT2D eigenvalue weighted by molar-refractivity contribution is 7.80. The Balaban J connectivity index is 2.21. The van der Waals surface area contributed by atoms with Gasteiger partial charge < -0.3 is 20.1 Å². The van der Waals surface area contributed by atoms with Crippen LogP contribution in [0.5, 0.6) is 5.75 Å². The minimum Gasteiger partial charge on any atom is -0.494 e. The molecule has 0 bridgehead atoms. The smallest absolute Gasteiger partial charge is 0.338 e. The number of hydrogen-bond acceptors (Lipinski definition) is 4. The summed E-state index contributed by atoms with van der Waals surface area (Å²) in [6, 6.07) is 7.30. The van der Waals surface area contributed by atoms with E-state index in [4.69, 9.17) is 21.7 Å². The van der Waals surface area contributed by atoms with Gasteiger partial charge in [-0.2, -0.15) is 0 Å². The lowest BCUT2D eigenvalue weighted by molar-refractivity contribution is -0.138. The molecule has 25 heavy (non-hydrogen) atoms. The molecule has 1 atom stereocenters. The summed E-state index contributed by atoms with van der Waals surface area (Å²) in [7, 11) is 0. The number of carbonyl (C=O) groups excluding carboxylic acids is 1. The first-order chi connectivity index (χ1) is 12.1. The van der Waals surface area contributed by atoms with Crippen LogP contribution in [0.15, 0.2) is 48.2 Å². The van der Waals surface area contributed by atoms with E-state index in [2.05, 4.69) is 24.1 Å². The van der Waals surface area contributed by atoms with E-state index in [0.717, 1.165) is 24.2 Å². The predicted octanol–water partition coefficient (Wildman–Crippen LogP) is 3.39. The van der Waals surface area contributed by atoms with E-state index < -0.39 is 5.97 Å². The number of benzene rings is 1. The van der Waals surface area contributed by atoms with Crippen molar-refractivity contribution in [2.24, 2.45) is 0 Å². The summed E-state index contributed by atoms with van der Waals surface area (Å²) in [6.45, 7) is 8.37. The molecule has 0 saturated carbocycles. The van der Waals surface area contributed by atoms with Crippen molar-refractivity contribution in [2.75, 3.05) is 13.2 Å². The van der Waals surface area contributed by atoms with Gasteiger partial charge in [0, 0.05) is 5.70 Å². The quantitative estimate of drug-likeness (QED) is 0.321. The zero-order valence-electron chi connectivity index (χ0n) is 14.6. The van der Waals surface area contributed by atoms with Gasteiger partial charge in [-0.25, -0.2) is 4.79 Å². The average Bonchev–Trinajstić information content (AvgIpc) is 2.60. The van der Waals surface area contributed by atoms with E-state index in [9.17, 15) is 4.79 Å². The van der Waals surface area contributed by atoms with Crippen molar-refractivity contribution in [1.82, 2.24) is 10.6 Å². The summed E-state index contributed by atoms with van der Waals surface area (Å²) < 4.78 is 10.9. The van der Waals surface area contributed by atoms with Crippen molar-refractivity contribution in [2.45, 2.75) is 32.7 Å². The van der Waals surface area contributed by atoms with Crippen molar-refractivity contribution in [1.29, 1.82) is 0 Å². The van der Waals surface area contributed by atoms with Crippen molar-refractivity contribution >= 4 is 23.3 Å². The van der Waals surface area contributed by atoms with E-state index in [1.807, 2.05) is 31.2 Å². The van der Waals surface area contributed by atoms with Gasteiger partial charge in [-0.15, -0.1) is 0 Å². The maximum absolute atomic E-state index is 12.4. The van der Waals surface area contributed by atoms with Gasteiger partial charge in [-0.1, -0.05) is 38.1 Å². The largest absolute Gasteiger partial charge is 0.494 e. The normalized spacial score (nSPS) is 16.7. The molecular formula is C19H24N2O3S. The van der Waals surface area contributed by atoms with E-state index in [1.165, 1.54) is 0 Å². The monoisotopic (exact) mass is 360 g/mol. The van der Waals surface area contributed by atoms with Gasteiger partial charge in [0.15, 0.2) is 5.11 Å². The lowest BCUT2D eigenvalue weighted by atomic mass is 9.95. The Morgan fingerprint density at radius 3 is 2.72 bits per heavy atom. The Labute approximate surface area is 154 Å². The average molecular weight is 360 g/mol. The maximum Gasteiger partial charge on any atom is 0.338 e. The van der Waals surface area contributed by atoms with Gasteiger partial charge in [0.1, 0.15) is 12.4 Å². The molecule has 2 rings (SSSR count). The Hall–Kier alpha value is -2.34. The fourth-order valence-corrected chi connectivity index (χ4v) is 2.79. The van der Waals surface area contributed by atoms with Gasteiger partial charge in [0.05, 0.1) is 18.2 Å². The summed E-state index contributed by atoms with van der Waals surface area (Å²) in [4.78, 5) is 12.4. The van der Waals surface area contributed by atoms with Crippen molar-refractivity contribution in [3.05, 3.63) is 53.8 Å². The van der Waals surface area contributed by atoms with Crippen LogP contribution in [0.1, 0.15) is 38.3 Å². The third kappa shape index (κ3) is 5.06. The third-order valence-electron chi connectivity index (χ3n) is 3.80. The predicted molar refractivity (Wildman–Crippen MR) is 102 cm³/mol. The van der Waals surface area contributed by atoms with Crippen LogP contribution >= 0.6 is 12.2 Å². The summed E-state index contributed by atoms with van der Waals surface area (Å²) in [6.07, 6.45) is 3.65. The molecule has 1 aromatic carbocycles. The van der Waals surface area contributed by atoms with Gasteiger partial charge in [0.25, 0.3) is 0 Å². The zero-order valence-corrected chi connectivity index (χ0v) is 15.4. The Morgan fingerprint density at radius 1 is 1.36 bits per heavy atom. The van der Waals surface area contributed by atoms with Crippen LogP contribution in [0.4, 0.5) is 0 Å². The highest BCUT2D eigenvalue weighted by atomic mass is 32.1. The highest BCUT2D eigenvalue weighted by Gasteiger charge is 2.30. The van der Waals surface area contributed by atoms with Crippen LogP contribution in [0.2, 0.25) is 0 Å². The molecule has 134 valence electrons. The highest BCUT2D eigenvalue weighted by Crippen LogP contribution is 2.29. The summed E-state index contributed by atoms with van der Waals surface area (Å²) in [5.74, 6) is 0.415. The van der Waals surface area contributed by atoms with E-state index in [-0.39, 0.29) is 12.6 Å². The fraction of sp³-hybridized carbons (Fsp3) is 0.368. The number of hydrogen-bond donors (Lipinski definition) is 2. The SMILES string of the molecule is C=CCOC(=O)C1=C(C)NC(=S)N[C@@H]1c1ccc(OCCCC)cc1. The molecule has 1 heterocycles. The van der Waals surface area contributed by atoms with Gasteiger partial charge in [0.2, 0.25) is 0 Å². The topological polar surface area (TPSA) is 59.6 Å². The molecule has 0 aliphatic carbocycles. The molecule has 0 aromatic heterocycles. The molecule has 5 nitrogen and oxygen atoms in total. The van der Waals surface area contributed by atoms with Crippen LogP contribution in [0, 0.1) is 0 Å². The van der Waals surface area contributed by atoms with Gasteiger partial charge in [-0.05, 0) is 43.3 Å². The van der Waals surface area contributed by atoms with E-state index in [1.54, 1.807) is 6.08 Å². The molecule has 6 heteroatoms. The van der Waals surface area contributed by atoms with Crippen LogP contribution < -0.4 is 15.4 Å². The van der Waals surface area contributed by atoms with Gasteiger partial charge >= 0.3 is 5.97 Å². The second kappa shape index (κ2) is 9.22. The van der Waals surface area contributed by atoms with E-state index in [0.29, 0.717) is 23.0 Å². The van der Waals surface area contributed by atoms with Crippen LogP contribution in [-0.2, 0) is 9.53 Å². The maximum atomic E-state index is 12.4. The molecule has 0 unspecified atom stereocenters. The van der Waals surface area contributed by atoms with E-state index >= 15 is 0 Å². The number of unbranched alkanes of at least 4 members (excludes halogenated alkanes) is 1. The lowest BCUT2D eigenvalue weighted by Gasteiger charge is -2.29. The second-order valence-corrected chi connectivity index (χ2v) is 6.14. The van der Waals surface area contributed by atoms with Crippen LogP contribution in [0.25, 0.3) is 0 Å².